The topological polar surface area (TPSA) is 54.4 Å². The predicted molar refractivity (Wildman–Crippen MR) is 67.8 cm³/mol. The first-order valence-electron chi connectivity index (χ1n) is 4.50. The molecule has 0 saturated carbocycles. The summed E-state index contributed by atoms with van der Waals surface area (Å²) >= 11 is 10.3. The van der Waals surface area contributed by atoms with Crippen molar-refractivity contribution in [1.29, 1.82) is 0 Å². The van der Waals surface area contributed by atoms with Crippen molar-refractivity contribution in [2.75, 3.05) is 5.75 Å². The van der Waals surface area contributed by atoms with Gasteiger partial charge in [0, 0.05) is 5.02 Å². The fraction of sp³-hybridized carbons (Fsp3) is 0.250. The fourth-order valence-electron chi connectivity index (χ4n) is 1.18. The maximum Gasteiger partial charge on any atom is 0.283 e. The summed E-state index contributed by atoms with van der Waals surface area (Å²) < 4.78 is 81.6. The molecule has 112 valence electrons. The number of alkyl halides is 1. The van der Waals surface area contributed by atoms with Gasteiger partial charge in [-0.3, -0.25) is 4.55 Å². The van der Waals surface area contributed by atoms with E-state index in [1.54, 1.807) is 0 Å². The zero-order valence-electron chi connectivity index (χ0n) is 8.94. The van der Waals surface area contributed by atoms with Crippen molar-refractivity contribution >= 4 is 43.2 Å². The van der Waals surface area contributed by atoms with Crippen LogP contribution in [0.5, 0.6) is 0 Å². The third-order valence-electron chi connectivity index (χ3n) is 2.13. The Bertz CT molecular complexity index is 596. The van der Waals surface area contributed by atoms with Crippen LogP contribution >= 0.6 is 33.0 Å². The van der Waals surface area contributed by atoms with Crippen LogP contribution in [-0.2, 0) is 10.1 Å². The van der Waals surface area contributed by atoms with E-state index in [1.807, 2.05) is 0 Å². The molecule has 11 heteroatoms. The van der Waals surface area contributed by atoms with Crippen molar-refractivity contribution in [3.05, 3.63) is 29.3 Å². The highest BCUT2D eigenvalue weighted by molar-refractivity contribution is 8.50. The van der Waals surface area contributed by atoms with Crippen LogP contribution in [0.25, 0.3) is 0 Å². The molecule has 1 aromatic rings. The number of halogens is 6. The first-order chi connectivity index (χ1) is 8.14. The summed E-state index contributed by atoms with van der Waals surface area (Å²) in [6.07, 6.45) is 0. The van der Waals surface area contributed by atoms with E-state index in [2.05, 4.69) is 0 Å². The Morgan fingerprint density at radius 2 is 1.58 bits per heavy atom. The summed E-state index contributed by atoms with van der Waals surface area (Å²) in [7, 11) is -14.1. The highest BCUT2D eigenvalue weighted by Crippen LogP contribution is 3.00. The van der Waals surface area contributed by atoms with Gasteiger partial charge in [-0.1, -0.05) is 11.6 Å². The van der Waals surface area contributed by atoms with Gasteiger partial charge in [-0.2, -0.15) is 8.42 Å². The first-order valence-corrected chi connectivity index (χ1v) is 9.04. The highest BCUT2D eigenvalue weighted by atomic mass is 35.5. The standard InChI is InChI=1S/C8H8Cl2F4O3S2/c9-6-1-3-7(4-2-6)19(11,12,13,14)5-8(10)18(15,16)17/h1-4,8H,5H2,(H,15,16,17). The van der Waals surface area contributed by atoms with Crippen LogP contribution in [0.3, 0.4) is 0 Å². The summed E-state index contributed by atoms with van der Waals surface area (Å²) in [6.45, 7) is 0. The van der Waals surface area contributed by atoms with E-state index in [9.17, 15) is 24.0 Å². The molecule has 0 aliphatic heterocycles. The minimum absolute atomic E-state index is 0.0469. The predicted octanol–water partition coefficient (Wildman–Crippen LogP) is 4.57. The van der Waals surface area contributed by atoms with Gasteiger partial charge in [0.25, 0.3) is 10.1 Å². The maximum atomic E-state index is 13.7. The Labute approximate surface area is 116 Å². The molecule has 1 unspecified atom stereocenters. The van der Waals surface area contributed by atoms with Crippen LogP contribution in [0, 0.1) is 0 Å². The van der Waals surface area contributed by atoms with Gasteiger partial charge in [-0.15, -0.1) is 27.1 Å². The number of hydrogen-bond acceptors (Lipinski definition) is 2. The van der Waals surface area contributed by atoms with Crippen molar-refractivity contribution < 1.29 is 28.5 Å². The molecule has 1 N–H and O–H groups in total. The van der Waals surface area contributed by atoms with Crippen molar-refractivity contribution in [2.24, 2.45) is 0 Å². The van der Waals surface area contributed by atoms with Gasteiger partial charge < -0.3 is 0 Å². The second-order valence-corrected chi connectivity index (χ2v) is 9.89. The molecule has 1 aromatic carbocycles. The average molecular weight is 363 g/mol. The van der Waals surface area contributed by atoms with Gasteiger partial charge in [0.2, 0.25) is 0 Å². The monoisotopic (exact) mass is 362 g/mol. The lowest BCUT2D eigenvalue weighted by molar-refractivity contribution is 0.438. The minimum Gasteiger partial charge on any atom is -0.284 e. The Hall–Kier alpha value is -0.220. The molecule has 1 rings (SSSR count). The quantitative estimate of drug-likeness (QED) is 0.485. The molecule has 0 saturated heterocycles. The Balaban J connectivity index is 3.34. The van der Waals surface area contributed by atoms with Crippen LogP contribution in [0.15, 0.2) is 29.2 Å². The lowest BCUT2D eigenvalue weighted by Crippen LogP contribution is -2.30. The summed E-state index contributed by atoms with van der Waals surface area (Å²) in [5.74, 6) is -2.50. The molecule has 3 nitrogen and oxygen atoms in total. The number of rotatable bonds is 4. The van der Waals surface area contributed by atoms with Gasteiger partial charge in [0.15, 0.2) is 14.5 Å². The van der Waals surface area contributed by atoms with Crippen LogP contribution in [0.2, 0.25) is 5.02 Å². The Morgan fingerprint density at radius 1 is 1.16 bits per heavy atom. The van der Waals surface area contributed by atoms with E-state index in [0.717, 1.165) is 12.1 Å². The highest BCUT2D eigenvalue weighted by Gasteiger charge is 2.66. The molecule has 0 aromatic heterocycles. The van der Waals surface area contributed by atoms with Crippen LogP contribution < -0.4 is 0 Å². The molecule has 0 bridgehead atoms. The second kappa shape index (κ2) is 4.14. The molecule has 0 fully saturated rings. The molecular formula is C8H8Cl2F4O3S2. The van der Waals surface area contributed by atoms with Crippen LogP contribution in [-0.4, -0.2) is 23.4 Å². The zero-order valence-corrected chi connectivity index (χ0v) is 12.1. The summed E-state index contributed by atoms with van der Waals surface area (Å²) in [4.78, 5) is -1.67. The molecule has 0 aliphatic rings. The lowest BCUT2D eigenvalue weighted by atomic mass is 10.4. The average Bonchev–Trinajstić information content (AvgIpc) is 2.13. The molecular weight excluding hydrogens is 355 g/mol. The van der Waals surface area contributed by atoms with E-state index in [1.165, 1.54) is 0 Å². The van der Waals surface area contributed by atoms with Gasteiger partial charge in [0.1, 0.15) is 0 Å². The fourth-order valence-corrected chi connectivity index (χ4v) is 5.04. The van der Waals surface area contributed by atoms with Gasteiger partial charge >= 0.3 is 0 Å². The normalized spacial score (nSPS) is 18.5. The third kappa shape index (κ3) is 4.12. The minimum atomic E-state index is -8.93. The van der Waals surface area contributed by atoms with Crippen molar-refractivity contribution in [3.63, 3.8) is 0 Å². The molecule has 0 amide bonds. The van der Waals surface area contributed by atoms with Crippen molar-refractivity contribution in [2.45, 2.75) is 9.60 Å². The number of hydrogen-bond donors (Lipinski definition) is 1. The van der Waals surface area contributed by atoms with E-state index < -0.39 is 35.3 Å². The van der Waals surface area contributed by atoms with Crippen LogP contribution in [0.1, 0.15) is 0 Å². The van der Waals surface area contributed by atoms with Crippen molar-refractivity contribution in [1.82, 2.24) is 0 Å². The summed E-state index contributed by atoms with van der Waals surface area (Å²) in [6, 6.07) is 2.40. The molecule has 1 atom stereocenters. The summed E-state index contributed by atoms with van der Waals surface area (Å²) in [5.41, 5.74) is 0. The SMILES string of the molecule is O=S(=O)(O)C(Cl)CS(F)(F)(F)(F)c1ccc(Cl)cc1. The molecule has 0 radical (unpaired) electrons. The van der Waals surface area contributed by atoms with Gasteiger partial charge in [-0.05, 0) is 24.3 Å². The zero-order chi connectivity index (χ0) is 15.2. The van der Waals surface area contributed by atoms with E-state index in [4.69, 9.17) is 27.8 Å². The maximum absolute atomic E-state index is 13.7. The number of benzene rings is 1. The van der Waals surface area contributed by atoms with Gasteiger partial charge in [0.05, 0.1) is 10.6 Å². The molecule has 19 heavy (non-hydrogen) atoms. The van der Waals surface area contributed by atoms with E-state index >= 15 is 0 Å². The molecule has 0 aliphatic carbocycles. The third-order valence-corrected chi connectivity index (χ3v) is 6.74. The largest absolute Gasteiger partial charge is 0.284 e. The second-order valence-electron chi connectivity index (χ2n) is 3.78. The van der Waals surface area contributed by atoms with Crippen LogP contribution in [0.4, 0.5) is 15.5 Å². The van der Waals surface area contributed by atoms with E-state index in [0.29, 0.717) is 12.1 Å². The summed E-state index contributed by atoms with van der Waals surface area (Å²) in [5, 5.41) is -0.0469. The van der Waals surface area contributed by atoms with E-state index in [-0.39, 0.29) is 5.02 Å². The Morgan fingerprint density at radius 3 is 1.95 bits per heavy atom. The van der Waals surface area contributed by atoms with Gasteiger partial charge in [-0.25, -0.2) is 0 Å². The lowest BCUT2D eigenvalue weighted by Gasteiger charge is -2.50. The molecule has 0 heterocycles. The Kier molecular flexibility index (Phi) is 3.67. The molecule has 0 spiro atoms. The smallest absolute Gasteiger partial charge is 0.283 e. The first kappa shape index (κ1) is 16.8. The van der Waals surface area contributed by atoms with Crippen molar-refractivity contribution in [3.8, 4) is 0 Å².